The molecule has 0 bridgehead atoms. The molecule has 1 amide bonds. The van der Waals surface area contributed by atoms with E-state index in [1.54, 1.807) is 26.7 Å². The molecule has 2 rings (SSSR count). The van der Waals surface area contributed by atoms with Crippen molar-refractivity contribution >= 4 is 5.91 Å². The number of nitrogens with zero attached hydrogens (tertiary/aromatic N) is 3. The van der Waals surface area contributed by atoms with Gasteiger partial charge in [-0.05, 0) is 7.05 Å². The third-order valence-corrected chi connectivity index (χ3v) is 3.13. The van der Waals surface area contributed by atoms with Crippen molar-refractivity contribution in [2.45, 2.75) is 12.1 Å². The summed E-state index contributed by atoms with van der Waals surface area (Å²) < 4.78 is 7.44. The van der Waals surface area contributed by atoms with Gasteiger partial charge in [-0.1, -0.05) is 0 Å². The first kappa shape index (κ1) is 12.1. The summed E-state index contributed by atoms with van der Waals surface area (Å²) in [6.45, 7) is 1.68. The lowest BCUT2D eigenvalue weighted by atomic mass is 10.2. The number of amides is 1. The van der Waals surface area contributed by atoms with Crippen LogP contribution in [0.25, 0.3) is 0 Å². The Morgan fingerprint density at radius 2 is 2.41 bits per heavy atom. The molecule has 0 saturated carbocycles. The number of hydrogen-bond donors (Lipinski definition) is 1. The zero-order valence-corrected chi connectivity index (χ0v) is 10.2. The van der Waals surface area contributed by atoms with Crippen LogP contribution < -0.4 is 5.32 Å². The number of ether oxygens (including phenoxy) is 1. The van der Waals surface area contributed by atoms with Crippen LogP contribution in [-0.4, -0.2) is 60.3 Å². The Bertz CT molecular complexity index is 366. The number of methoxy groups -OCH3 is 1. The van der Waals surface area contributed by atoms with Crippen molar-refractivity contribution in [1.29, 1.82) is 0 Å². The Morgan fingerprint density at radius 1 is 1.59 bits per heavy atom. The van der Waals surface area contributed by atoms with Crippen molar-refractivity contribution in [3.05, 3.63) is 18.7 Å². The molecule has 1 fully saturated rings. The third kappa shape index (κ3) is 2.48. The first-order valence-corrected chi connectivity index (χ1v) is 5.69. The third-order valence-electron chi connectivity index (χ3n) is 3.13. The molecule has 1 aromatic heterocycles. The highest BCUT2D eigenvalue weighted by Crippen LogP contribution is 2.24. The second kappa shape index (κ2) is 5.29. The van der Waals surface area contributed by atoms with Gasteiger partial charge in [0.2, 0.25) is 5.91 Å². The molecule has 1 aliphatic heterocycles. The predicted octanol–water partition coefficient (Wildman–Crippen LogP) is -0.499. The molecule has 6 nitrogen and oxygen atoms in total. The molecule has 1 saturated heterocycles. The minimum atomic E-state index is 0.0324. The van der Waals surface area contributed by atoms with E-state index in [4.69, 9.17) is 4.74 Å². The molecule has 2 unspecified atom stereocenters. The smallest absolute Gasteiger partial charge is 0.236 e. The average Bonchev–Trinajstić information content (AvgIpc) is 2.97. The molecule has 6 heteroatoms. The fourth-order valence-corrected chi connectivity index (χ4v) is 2.21. The Kier molecular flexibility index (Phi) is 3.75. The molecule has 0 radical (unpaired) electrons. The summed E-state index contributed by atoms with van der Waals surface area (Å²) in [6, 6.07) is 0.156. The number of imidazole rings is 1. The van der Waals surface area contributed by atoms with Crippen molar-refractivity contribution in [2.75, 3.05) is 33.8 Å². The number of likely N-dealkylation sites (tertiary alicyclic amines) is 1. The van der Waals surface area contributed by atoms with Crippen LogP contribution in [0.1, 0.15) is 6.04 Å². The summed E-state index contributed by atoms with van der Waals surface area (Å²) in [5, 5.41) is 2.88. The van der Waals surface area contributed by atoms with Gasteiger partial charge in [-0.25, -0.2) is 4.98 Å². The topological polar surface area (TPSA) is 59.4 Å². The number of carbonyl (C=O) groups is 1. The number of aromatic nitrogens is 2. The van der Waals surface area contributed by atoms with Gasteiger partial charge >= 0.3 is 0 Å². The maximum Gasteiger partial charge on any atom is 0.236 e. The van der Waals surface area contributed by atoms with Crippen molar-refractivity contribution < 1.29 is 9.53 Å². The molecule has 0 aromatic carbocycles. The van der Waals surface area contributed by atoms with Crippen LogP contribution in [0.4, 0.5) is 0 Å². The van der Waals surface area contributed by atoms with E-state index in [0.29, 0.717) is 19.6 Å². The van der Waals surface area contributed by atoms with Gasteiger partial charge in [0, 0.05) is 32.6 Å². The van der Waals surface area contributed by atoms with E-state index in [2.05, 4.69) is 10.3 Å². The van der Waals surface area contributed by atoms with Crippen LogP contribution in [0.5, 0.6) is 0 Å². The van der Waals surface area contributed by atoms with E-state index in [1.165, 1.54) is 0 Å². The summed E-state index contributed by atoms with van der Waals surface area (Å²) in [4.78, 5) is 17.7. The van der Waals surface area contributed by atoms with Gasteiger partial charge in [0.05, 0.1) is 25.0 Å². The summed E-state index contributed by atoms with van der Waals surface area (Å²) in [5.41, 5.74) is 0. The highest BCUT2D eigenvalue weighted by atomic mass is 16.5. The lowest BCUT2D eigenvalue weighted by molar-refractivity contribution is -0.129. The summed E-state index contributed by atoms with van der Waals surface area (Å²) >= 11 is 0. The first-order valence-electron chi connectivity index (χ1n) is 5.69. The van der Waals surface area contributed by atoms with Gasteiger partial charge in [-0.2, -0.15) is 0 Å². The largest absolute Gasteiger partial charge is 0.377 e. The average molecular weight is 238 g/mol. The minimum Gasteiger partial charge on any atom is -0.377 e. The number of likely N-dealkylation sites (N-methyl/N-ethyl adjacent to an activating group) is 1. The van der Waals surface area contributed by atoms with Crippen LogP contribution >= 0.6 is 0 Å². The van der Waals surface area contributed by atoms with Crippen molar-refractivity contribution in [1.82, 2.24) is 19.8 Å². The fourth-order valence-electron chi connectivity index (χ4n) is 2.21. The van der Waals surface area contributed by atoms with E-state index in [1.807, 2.05) is 15.7 Å². The number of nitrogens with one attached hydrogen (secondary N) is 1. The van der Waals surface area contributed by atoms with Crippen LogP contribution in [0.15, 0.2) is 18.7 Å². The quantitative estimate of drug-likeness (QED) is 0.768. The van der Waals surface area contributed by atoms with E-state index < -0.39 is 0 Å². The predicted molar refractivity (Wildman–Crippen MR) is 62.6 cm³/mol. The van der Waals surface area contributed by atoms with Crippen molar-refractivity contribution in [3.63, 3.8) is 0 Å². The lowest BCUT2D eigenvalue weighted by Gasteiger charge is -2.17. The Labute approximate surface area is 101 Å². The Morgan fingerprint density at radius 3 is 3.00 bits per heavy atom. The second-order valence-electron chi connectivity index (χ2n) is 4.18. The number of carbonyl (C=O) groups excluding carboxylic acids is 1. The summed E-state index contributed by atoms with van der Waals surface area (Å²) in [5.74, 6) is 0.108. The van der Waals surface area contributed by atoms with Gasteiger partial charge in [0.1, 0.15) is 0 Å². The van der Waals surface area contributed by atoms with E-state index in [0.717, 1.165) is 0 Å². The van der Waals surface area contributed by atoms with Crippen LogP contribution in [0.2, 0.25) is 0 Å². The standard InChI is InChI=1S/C11H18N4O2/c1-12-5-11(16)15-6-9(10(7-15)17-2)14-4-3-13-8-14/h3-4,8-10,12H,5-7H2,1-2H3. The van der Waals surface area contributed by atoms with Gasteiger partial charge in [0.25, 0.3) is 0 Å². The van der Waals surface area contributed by atoms with Gasteiger partial charge in [-0.3, -0.25) is 4.79 Å². The molecule has 1 aromatic rings. The van der Waals surface area contributed by atoms with Crippen molar-refractivity contribution in [3.8, 4) is 0 Å². The molecule has 2 heterocycles. The van der Waals surface area contributed by atoms with E-state index in [-0.39, 0.29) is 18.1 Å². The minimum absolute atomic E-state index is 0.0324. The monoisotopic (exact) mass is 238 g/mol. The molecular formula is C11H18N4O2. The van der Waals surface area contributed by atoms with Gasteiger partial charge < -0.3 is 19.5 Å². The van der Waals surface area contributed by atoms with Gasteiger partial charge in [0.15, 0.2) is 0 Å². The normalized spacial score (nSPS) is 24.2. The lowest BCUT2D eigenvalue weighted by Crippen LogP contribution is -2.36. The number of rotatable bonds is 4. The van der Waals surface area contributed by atoms with Crippen LogP contribution in [0.3, 0.4) is 0 Å². The van der Waals surface area contributed by atoms with Crippen molar-refractivity contribution in [2.24, 2.45) is 0 Å². The van der Waals surface area contributed by atoms with E-state index in [9.17, 15) is 4.79 Å². The molecule has 1 N–H and O–H groups in total. The molecule has 0 spiro atoms. The molecule has 94 valence electrons. The molecule has 0 aliphatic carbocycles. The van der Waals surface area contributed by atoms with Gasteiger partial charge in [-0.15, -0.1) is 0 Å². The Balaban J connectivity index is 2.06. The maximum absolute atomic E-state index is 11.8. The summed E-state index contributed by atoms with van der Waals surface area (Å²) in [7, 11) is 3.45. The molecule has 1 aliphatic rings. The zero-order chi connectivity index (χ0) is 12.3. The molecular weight excluding hydrogens is 220 g/mol. The SMILES string of the molecule is CNCC(=O)N1CC(OC)C(n2ccnc2)C1. The number of hydrogen-bond acceptors (Lipinski definition) is 4. The first-order chi connectivity index (χ1) is 8.26. The van der Waals surface area contributed by atoms with E-state index >= 15 is 0 Å². The molecule has 17 heavy (non-hydrogen) atoms. The Hall–Kier alpha value is -1.40. The highest BCUT2D eigenvalue weighted by molar-refractivity contribution is 5.78. The fraction of sp³-hybridized carbons (Fsp3) is 0.636. The maximum atomic E-state index is 11.8. The summed E-state index contributed by atoms with van der Waals surface area (Å²) in [6.07, 6.45) is 5.45. The second-order valence-corrected chi connectivity index (χ2v) is 4.18. The molecule has 2 atom stereocenters. The van der Waals surface area contributed by atoms with Crippen LogP contribution in [0, 0.1) is 0 Å². The van der Waals surface area contributed by atoms with Crippen LogP contribution in [-0.2, 0) is 9.53 Å². The highest BCUT2D eigenvalue weighted by Gasteiger charge is 2.35. The zero-order valence-electron chi connectivity index (χ0n) is 10.2.